The van der Waals surface area contributed by atoms with E-state index in [0.717, 1.165) is 55.7 Å². The Hall–Kier alpha value is -2.11. The van der Waals surface area contributed by atoms with E-state index < -0.39 is 0 Å². The third kappa shape index (κ3) is 2.34. The number of aryl methyl sites for hydroxylation is 1. The van der Waals surface area contributed by atoms with Gasteiger partial charge in [-0.1, -0.05) is 0 Å². The number of hydrogen-bond acceptors (Lipinski definition) is 4. The molecule has 0 spiro atoms. The van der Waals surface area contributed by atoms with Crippen LogP contribution in [0.1, 0.15) is 36.9 Å². The Morgan fingerprint density at radius 1 is 1.19 bits per heavy atom. The van der Waals surface area contributed by atoms with E-state index in [9.17, 15) is 4.79 Å². The van der Waals surface area contributed by atoms with Crippen molar-refractivity contribution < 1.29 is 4.79 Å². The Kier molecular flexibility index (Phi) is 3.69. The van der Waals surface area contributed by atoms with Gasteiger partial charge in [-0.2, -0.15) is 9.61 Å². The van der Waals surface area contributed by atoms with Crippen LogP contribution in [0.3, 0.4) is 0 Å². The monoisotopic (exact) mass is 353 g/mol. The van der Waals surface area contributed by atoms with Gasteiger partial charge in [0, 0.05) is 49.4 Å². The zero-order chi connectivity index (χ0) is 17.8. The Morgan fingerprint density at radius 3 is 2.81 bits per heavy atom. The summed E-state index contributed by atoms with van der Waals surface area (Å²) < 4.78 is 1.97. The van der Waals surface area contributed by atoms with Gasteiger partial charge in [0.15, 0.2) is 5.65 Å². The van der Waals surface area contributed by atoms with E-state index in [0.29, 0.717) is 11.8 Å². The van der Waals surface area contributed by atoms with Gasteiger partial charge in [-0.15, -0.1) is 0 Å². The summed E-state index contributed by atoms with van der Waals surface area (Å²) in [5.74, 6) is 3.03. The first-order valence-corrected chi connectivity index (χ1v) is 9.98. The maximum absolute atomic E-state index is 12.9. The molecule has 2 aromatic heterocycles. The lowest BCUT2D eigenvalue weighted by Crippen LogP contribution is -2.55. The molecule has 6 nitrogen and oxygen atoms in total. The number of hydrogen-bond donors (Lipinski definition) is 0. The van der Waals surface area contributed by atoms with Gasteiger partial charge in [0.2, 0.25) is 5.91 Å². The van der Waals surface area contributed by atoms with E-state index in [2.05, 4.69) is 33.7 Å². The van der Waals surface area contributed by atoms with E-state index in [1.807, 2.05) is 16.8 Å². The third-order valence-corrected chi connectivity index (χ3v) is 6.90. The molecular weight excluding hydrogens is 326 g/mol. The summed E-state index contributed by atoms with van der Waals surface area (Å²) in [4.78, 5) is 22.1. The zero-order valence-corrected chi connectivity index (χ0v) is 15.7. The maximum atomic E-state index is 12.9. The Balaban J connectivity index is 1.41. The molecule has 4 heterocycles. The normalized spacial score (nSPS) is 28.3. The number of carbonyl (C=O) groups is 1. The van der Waals surface area contributed by atoms with Crippen LogP contribution in [-0.4, -0.2) is 51.6 Å². The molecule has 2 aliphatic heterocycles. The summed E-state index contributed by atoms with van der Waals surface area (Å²) in [5.41, 5.74) is 3.17. The van der Waals surface area contributed by atoms with Crippen molar-refractivity contribution in [3.05, 3.63) is 23.5 Å². The summed E-state index contributed by atoms with van der Waals surface area (Å²) in [6.45, 7) is 8.15. The number of piperidine rings is 1. The minimum Gasteiger partial charge on any atom is -0.356 e. The lowest BCUT2D eigenvalue weighted by molar-refractivity contribution is -0.144. The highest BCUT2D eigenvalue weighted by Gasteiger charge is 2.49. The van der Waals surface area contributed by atoms with Crippen LogP contribution >= 0.6 is 0 Å². The maximum Gasteiger partial charge on any atom is 0.226 e. The zero-order valence-electron chi connectivity index (χ0n) is 15.7. The molecule has 1 amide bonds. The fraction of sp³-hybridized carbons (Fsp3) is 0.650. The number of anilines is 1. The predicted molar refractivity (Wildman–Crippen MR) is 100 cm³/mol. The van der Waals surface area contributed by atoms with Gasteiger partial charge in [-0.25, -0.2) is 4.98 Å². The number of fused-ring (bicyclic) bond motifs is 2. The summed E-state index contributed by atoms with van der Waals surface area (Å²) in [7, 11) is 0. The second-order valence-electron chi connectivity index (χ2n) is 8.28. The molecule has 3 atom stereocenters. The molecule has 0 radical (unpaired) electrons. The van der Waals surface area contributed by atoms with E-state index in [1.54, 1.807) is 0 Å². The van der Waals surface area contributed by atoms with Gasteiger partial charge in [0.05, 0.1) is 6.20 Å². The average Bonchev–Trinajstić information content (AvgIpc) is 3.29. The minimum atomic E-state index is 0.234. The predicted octanol–water partition coefficient (Wildman–Crippen LogP) is 2.43. The summed E-state index contributed by atoms with van der Waals surface area (Å²) in [6, 6.07) is 1.96. The van der Waals surface area contributed by atoms with Crippen LogP contribution in [-0.2, 0) is 4.79 Å². The molecule has 6 heteroatoms. The second-order valence-corrected chi connectivity index (χ2v) is 8.28. The SMILES string of the molecule is Cc1nc2ccnn2c(N2CC[C@@H]3C[C@@H](C(=O)N4CCCC4)[C@@H]3C2)c1C. The van der Waals surface area contributed by atoms with Crippen LogP contribution in [0.5, 0.6) is 0 Å². The highest BCUT2D eigenvalue weighted by molar-refractivity contribution is 5.80. The fourth-order valence-electron chi connectivity index (χ4n) is 5.22. The van der Waals surface area contributed by atoms with Crippen molar-refractivity contribution in [3.8, 4) is 0 Å². The minimum absolute atomic E-state index is 0.234. The van der Waals surface area contributed by atoms with Crippen LogP contribution in [0, 0.1) is 31.6 Å². The first-order valence-electron chi connectivity index (χ1n) is 9.98. The van der Waals surface area contributed by atoms with Gasteiger partial charge in [0.25, 0.3) is 0 Å². The summed E-state index contributed by atoms with van der Waals surface area (Å²) in [5, 5.41) is 4.51. The molecule has 2 aromatic rings. The van der Waals surface area contributed by atoms with Gasteiger partial charge in [-0.3, -0.25) is 4.79 Å². The van der Waals surface area contributed by atoms with Crippen LogP contribution in [0.15, 0.2) is 12.3 Å². The molecule has 0 aromatic carbocycles. The number of rotatable bonds is 2. The van der Waals surface area contributed by atoms with Crippen molar-refractivity contribution in [3.63, 3.8) is 0 Å². The lowest BCUT2D eigenvalue weighted by atomic mass is 9.61. The quantitative estimate of drug-likeness (QED) is 0.832. The molecule has 3 aliphatic rings. The number of aromatic nitrogens is 3. The molecule has 0 bridgehead atoms. The fourth-order valence-corrected chi connectivity index (χ4v) is 5.22. The Labute approximate surface area is 154 Å². The molecule has 3 fully saturated rings. The van der Waals surface area contributed by atoms with E-state index >= 15 is 0 Å². The molecule has 2 saturated heterocycles. The van der Waals surface area contributed by atoms with Crippen molar-refractivity contribution in [2.75, 3.05) is 31.1 Å². The average molecular weight is 353 g/mol. The second kappa shape index (κ2) is 5.96. The molecule has 0 N–H and O–H groups in total. The summed E-state index contributed by atoms with van der Waals surface area (Å²) in [6.07, 6.45) is 6.44. The lowest BCUT2D eigenvalue weighted by Gasteiger charge is -2.51. The van der Waals surface area contributed by atoms with E-state index in [1.165, 1.54) is 24.8 Å². The van der Waals surface area contributed by atoms with Crippen LogP contribution in [0.25, 0.3) is 5.65 Å². The van der Waals surface area contributed by atoms with E-state index in [4.69, 9.17) is 0 Å². The molecule has 0 unspecified atom stereocenters. The van der Waals surface area contributed by atoms with Gasteiger partial charge >= 0.3 is 0 Å². The van der Waals surface area contributed by atoms with Crippen LogP contribution in [0.4, 0.5) is 5.82 Å². The number of carbonyl (C=O) groups excluding carboxylic acids is 1. The van der Waals surface area contributed by atoms with Gasteiger partial charge < -0.3 is 9.80 Å². The van der Waals surface area contributed by atoms with Gasteiger partial charge in [-0.05, 0) is 51.4 Å². The highest BCUT2D eigenvalue weighted by Crippen LogP contribution is 2.47. The first kappa shape index (κ1) is 16.1. The highest BCUT2D eigenvalue weighted by atomic mass is 16.2. The Bertz CT molecular complexity index is 853. The number of amides is 1. The summed E-state index contributed by atoms with van der Waals surface area (Å²) >= 11 is 0. The number of nitrogens with zero attached hydrogens (tertiary/aromatic N) is 5. The largest absolute Gasteiger partial charge is 0.356 e. The van der Waals surface area contributed by atoms with Crippen molar-refractivity contribution in [1.82, 2.24) is 19.5 Å². The van der Waals surface area contributed by atoms with Crippen LogP contribution in [0.2, 0.25) is 0 Å². The van der Waals surface area contributed by atoms with Crippen molar-refractivity contribution in [2.24, 2.45) is 17.8 Å². The van der Waals surface area contributed by atoms with Gasteiger partial charge in [0.1, 0.15) is 5.82 Å². The van der Waals surface area contributed by atoms with Crippen molar-refractivity contribution in [1.29, 1.82) is 0 Å². The smallest absolute Gasteiger partial charge is 0.226 e. The third-order valence-electron chi connectivity index (χ3n) is 6.90. The molecule has 26 heavy (non-hydrogen) atoms. The van der Waals surface area contributed by atoms with Crippen LogP contribution < -0.4 is 4.90 Å². The number of likely N-dealkylation sites (tertiary alicyclic amines) is 1. The Morgan fingerprint density at radius 2 is 2.00 bits per heavy atom. The topological polar surface area (TPSA) is 53.7 Å². The van der Waals surface area contributed by atoms with E-state index in [-0.39, 0.29) is 5.92 Å². The van der Waals surface area contributed by atoms with Crippen molar-refractivity contribution in [2.45, 2.75) is 39.5 Å². The van der Waals surface area contributed by atoms with Crippen molar-refractivity contribution >= 4 is 17.4 Å². The standard InChI is InChI=1S/C20H27N5O/c1-13-14(2)22-18-5-7-21-25(18)19(13)24-10-6-15-11-16(17(15)12-24)20(26)23-8-3-4-9-23/h5,7,15-17H,3-4,6,8-12H2,1-2H3/t15-,16-,17-/m1/s1. The molecule has 5 rings (SSSR count). The molecule has 138 valence electrons. The molecule has 1 saturated carbocycles. The molecular formula is C20H27N5O. The first-order chi connectivity index (χ1) is 12.6. The molecule has 1 aliphatic carbocycles.